The molecule has 0 atom stereocenters. The molecule has 1 aromatic heterocycles. The predicted octanol–water partition coefficient (Wildman–Crippen LogP) is 3.10. The molecule has 2 aromatic carbocycles. The number of carbonyl (C=O) groups excluding carboxylic acids is 1. The molecule has 1 amide bonds. The van der Waals surface area contributed by atoms with Gasteiger partial charge >= 0.3 is 5.69 Å². The molecule has 0 saturated heterocycles. The third-order valence-electron chi connectivity index (χ3n) is 4.08. The van der Waals surface area contributed by atoms with Gasteiger partial charge in [0.05, 0.1) is 29.2 Å². The van der Waals surface area contributed by atoms with Crippen LogP contribution in [0.4, 0.5) is 11.4 Å². The van der Waals surface area contributed by atoms with Crippen LogP contribution in [-0.2, 0) is 0 Å². The summed E-state index contributed by atoms with van der Waals surface area (Å²) in [4.78, 5) is 32.6. The number of nitrogens with zero attached hydrogens (tertiary/aromatic N) is 4. The summed E-state index contributed by atoms with van der Waals surface area (Å²) in [5.74, 6) is -0.335. The smallest absolute Gasteiger partial charge is 0.318 e. The average molecular weight is 440 g/mol. The number of benzene rings is 2. The first kappa shape index (κ1) is 21.9. The van der Waals surface area contributed by atoms with E-state index in [1.165, 1.54) is 25.5 Å². The lowest BCUT2D eigenvalue weighted by molar-refractivity contribution is -0.394. The largest absolute Gasteiger partial charge is 0.493 e. The molecular weight excluding hydrogens is 424 g/mol. The van der Waals surface area contributed by atoms with Crippen molar-refractivity contribution in [2.75, 3.05) is 7.11 Å². The fourth-order valence-corrected chi connectivity index (χ4v) is 2.57. The zero-order valence-corrected chi connectivity index (χ0v) is 16.8. The molecule has 0 saturated carbocycles. The van der Waals surface area contributed by atoms with Crippen LogP contribution in [0.3, 0.4) is 0 Å². The van der Waals surface area contributed by atoms with E-state index in [9.17, 15) is 25.0 Å². The quantitative estimate of drug-likeness (QED) is 0.305. The number of nitro groups is 2. The number of amides is 1. The minimum absolute atomic E-state index is 0.137. The van der Waals surface area contributed by atoms with E-state index in [4.69, 9.17) is 9.47 Å². The Morgan fingerprint density at radius 1 is 1.09 bits per heavy atom. The van der Waals surface area contributed by atoms with Crippen LogP contribution in [0.2, 0.25) is 0 Å². The molecule has 0 radical (unpaired) electrons. The molecule has 0 spiro atoms. The molecule has 0 aliphatic carbocycles. The Bertz CT molecular complexity index is 1220. The van der Waals surface area contributed by atoms with Crippen molar-refractivity contribution >= 4 is 23.5 Å². The Labute approximate surface area is 180 Å². The molecule has 0 fully saturated rings. The van der Waals surface area contributed by atoms with E-state index in [1.807, 2.05) is 0 Å². The Hall–Kier alpha value is -4.81. The Morgan fingerprint density at radius 3 is 2.47 bits per heavy atom. The van der Waals surface area contributed by atoms with E-state index < -0.39 is 27.1 Å². The number of hydrazone groups is 1. The van der Waals surface area contributed by atoms with E-state index in [0.29, 0.717) is 5.56 Å². The third-order valence-corrected chi connectivity index (χ3v) is 4.08. The van der Waals surface area contributed by atoms with Crippen LogP contribution in [0.5, 0.6) is 17.2 Å². The number of methoxy groups -OCH3 is 1. The van der Waals surface area contributed by atoms with E-state index in [2.05, 4.69) is 20.7 Å². The molecule has 32 heavy (non-hydrogen) atoms. The number of hydrogen-bond acceptors (Lipinski definition) is 9. The summed E-state index contributed by atoms with van der Waals surface area (Å²) in [7, 11) is 1.37. The van der Waals surface area contributed by atoms with Crippen molar-refractivity contribution in [3.8, 4) is 17.2 Å². The summed E-state index contributed by atoms with van der Waals surface area (Å²) in [5.41, 5.74) is 2.78. The van der Waals surface area contributed by atoms with Crippen LogP contribution in [0.25, 0.3) is 0 Å². The van der Waals surface area contributed by atoms with Gasteiger partial charge in [-0.15, -0.1) is 0 Å². The van der Waals surface area contributed by atoms with Gasteiger partial charge in [-0.1, -0.05) is 0 Å². The number of aryl methyl sites for hydroxylation is 1. The highest BCUT2D eigenvalue weighted by Crippen LogP contribution is 2.38. The Balaban J connectivity index is 1.78. The molecule has 164 valence electrons. The van der Waals surface area contributed by atoms with Gasteiger partial charge < -0.3 is 9.47 Å². The highest BCUT2D eigenvalue weighted by Gasteiger charge is 2.22. The second-order valence-corrected chi connectivity index (χ2v) is 6.31. The maximum absolute atomic E-state index is 11.9. The van der Waals surface area contributed by atoms with Crippen molar-refractivity contribution in [3.63, 3.8) is 0 Å². The number of non-ortho nitro benzene ring substituents is 1. The van der Waals surface area contributed by atoms with Crippen molar-refractivity contribution in [3.05, 3.63) is 79.6 Å². The number of aromatic amines is 1. The number of H-pyrrole nitrogens is 1. The second-order valence-electron chi connectivity index (χ2n) is 6.31. The lowest BCUT2D eigenvalue weighted by Crippen LogP contribution is -2.18. The van der Waals surface area contributed by atoms with Crippen LogP contribution >= 0.6 is 0 Å². The van der Waals surface area contributed by atoms with Gasteiger partial charge in [0.25, 0.3) is 11.6 Å². The van der Waals surface area contributed by atoms with Gasteiger partial charge in [0.2, 0.25) is 5.75 Å². The molecule has 0 unspecified atom stereocenters. The van der Waals surface area contributed by atoms with E-state index in [0.717, 1.165) is 23.9 Å². The highest BCUT2D eigenvalue weighted by molar-refractivity contribution is 5.93. The maximum Gasteiger partial charge on any atom is 0.318 e. The van der Waals surface area contributed by atoms with Gasteiger partial charge in [-0.3, -0.25) is 30.1 Å². The molecule has 13 nitrogen and oxygen atoms in total. The van der Waals surface area contributed by atoms with E-state index in [-0.39, 0.29) is 22.9 Å². The molecule has 3 aromatic rings. The lowest BCUT2D eigenvalue weighted by Gasteiger charge is -2.11. The van der Waals surface area contributed by atoms with Crippen molar-refractivity contribution in [2.24, 2.45) is 5.10 Å². The van der Waals surface area contributed by atoms with Gasteiger partial charge in [-0.2, -0.15) is 10.2 Å². The zero-order valence-electron chi connectivity index (χ0n) is 16.8. The van der Waals surface area contributed by atoms with Crippen LogP contribution in [0.1, 0.15) is 21.7 Å². The SMILES string of the molecule is COc1cc(/C=N/NC(=O)c2cc(C)[nH]n2)ccc1Oc1ccc([N+](=O)[O-])cc1[N+](=O)[O-]. The van der Waals surface area contributed by atoms with Gasteiger partial charge in [0.1, 0.15) is 0 Å². The molecule has 0 bridgehead atoms. The first-order valence-corrected chi connectivity index (χ1v) is 8.92. The number of nitro benzene ring substituents is 2. The predicted molar refractivity (Wildman–Crippen MR) is 111 cm³/mol. The monoisotopic (exact) mass is 440 g/mol. The molecular formula is C19H16N6O7. The van der Waals surface area contributed by atoms with Gasteiger partial charge in [-0.25, -0.2) is 5.43 Å². The van der Waals surface area contributed by atoms with Crippen LogP contribution < -0.4 is 14.9 Å². The van der Waals surface area contributed by atoms with Gasteiger partial charge in [0.15, 0.2) is 17.2 Å². The van der Waals surface area contributed by atoms with Crippen molar-refractivity contribution in [2.45, 2.75) is 6.92 Å². The second kappa shape index (κ2) is 9.34. The number of rotatable bonds is 8. The summed E-state index contributed by atoms with van der Waals surface area (Å²) in [6, 6.07) is 9.19. The van der Waals surface area contributed by atoms with Crippen molar-refractivity contribution in [1.29, 1.82) is 0 Å². The summed E-state index contributed by atoms with van der Waals surface area (Å²) in [5, 5.41) is 32.5. The number of hydrogen-bond donors (Lipinski definition) is 2. The van der Waals surface area contributed by atoms with Crippen LogP contribution in [0.15, 0.2) is 47.6 Å². The average Bonchev–Trinajstić information content (AvgIpc) is 3.21. The molecule has 1 heterocycles. The number of carbonyl (C=O) groups is 1. The van der Waals surface area contributed by atoms with Gasteiger partial charge in [0, 0.05) is 11.8 Å². The fraction of sp³-hybridized carbons (Fsp3) is 0.105. The molecule has 3 rings (SSSR count). The molecule has 0 aliphatic heterocycles. The summed E-state index contributed by atoms with van der Waals surface area (Å²) >= 11 is 0. The standard InChI is InChI=1S/C19H16N6O7/c1-11-7-14(22-21-11)19(26)23-20-10-12-3-5-17(18(8-12)31-2)32-16-6-4-13(24(27)28)9-15(16)25(29)30/h3-10H,1-2H3,(H,21,22)(H,23,26)/b20-10+. The fourth-order valence-electron chi connectivity index (χ4n) is 2.57. The number of ether oxygens (including phenoxy) is 2. The highest BCUT2D eigenvalue weighted by atomic mass is 16.6. The molecule has 0 aliphatic rings. The number of aromatic nitrogens is 2. The first-order chi connectivity index (χ1) is 15.3. The summed E-state index contributed by atoms with van der Waals surface area (Å²) in [6.45, 7) is 1.76. The first-order valence-electron chi connectivity index (χ1n) is 8.92. The summed E-state index contributed by atoms with van der Waals surface area (Å²) < 4.78 is 10.8. The van der Waals surface area contributed by atoms with E-state index >= 15 is 0 Å². The minimum atomic E-state index is -0.778. The number of nitrogens with one attached hydrogen (secondary N) is 2. The molecule has 13 heteroatoms. The maximum atomic E-state index is 11.9. The topological polar surface area (TPSA) is 175 Å². The van der Waals surface area contributed by atoms with E-state index in [1.54, 1.807) is 19.1 Å². The Kier molecular flexibility index (Phi) is 6.39. The van der Waals surface area contributed by atoms with Crippen LogP contribution in [-0.4, -0.2) is 39.3 Å². The third kappa shape index (κ3) is 5.02. The normalized spacial score (nSPS) is 10.7. The zero-order chi connectivity index (χ0) is 23.3. The van der Waals surface area contributed by atoms with Gasteiger partial charge in [-0.05, 0) is 42.8 Å². The summed E-state index contributed by atoms with van der Waals surface area (Å²) in [6.07, 6.45) is 1.36. The Morgan fingerprint density at radius 2 is 1.84 bits per heavy atom. The molecule has 2 N–H and O–H groups in total. The minimum Gasteiger partial charge on any atom is -0.493 e. The van der Waals surface area contributed by atoms with Crippen molar-refractivity contribution < 1.29 is 24.1 Å². The lowest BCUT2D eigenvalue weighted by atomic mass is 10.2. The van der Waals surface area contributed by atoms with Crippen molar-refractivity contribution in [1.82, 2.24) is 15.6 Å². The van der Waals surface area contributed by atoms with Crippen LogP contribution in [0, 0.1) is 27.2 Å².